The summed E-state index contributed by atoms with van der Waals surface area (Å²) in [5.41, 5.74) is 0. The standard InChI is InChI=1S/C14H27N3O2/c1-11-9-17(7-6-16(11)10-12(2)18)14(19)8-13-4-3-5-15-13/h11-13,15,18H,3-10H2,1-2H3. The number of carbonyl (C=O) groups is 1. The van der Waals surface area contributed by atoms with Gasteiger partial charge in [-0.1, -0.05) is 0 Å². The Hall–Kier alpha value is -0.650. The molecule has 3 atom stereocenters. The number of nitrogens with zero attached hydrogens (tertiary/aromatic N) is 2. The summed E-state index contributed by atoms with van der Waals surface area (Å²) < 4.78 is 0. The second-order valence-electron chi connectivity index (χ2n) is 6.03. The van der Waals surface area contributed by atoms with Gasteiger partial charge in [0.2, 0.25) is 5.91 Å². The van der Waals surface area contributed by atoms with E-state index in [1.807, 2.05) is 11.8 Å². The zero-order valence-corrected chi connectivity index (χ0v) is 12.1. The second kappa shape index (κ2) is 6.68. The molecule has 5 heteroatoms. The normalized spacial score (nSPS) is 30.6. The van der Waals surface area contributed by atoms with Crippen LogP contribution < -0.4 is 5.32 Å². The average molecular weight is 269 g/mol. The van der Waals surface area contributed by atoms with Gasteiger partial charge in [-0.05, 0) is 33.2 Å². The van der Waals surface area contributed by atoms with Crippen molar-refractivity contribution in [3.63, 3.8) is 0 Å². The summed E-state index contributed by atoms with van der Waals surface area (Å²) in [4.78, 5) is 16.5. The Kier molecular flexibility index (Phi) is 5.19. The van der Waals surface area contributed by atoms with Gasteiger partial charge in [0.05, 0.1) is 6.10 Å². The van der Waals surface area contributed by atoms with Crippen LogP contribution in [0.1, 0.15) is 33.1 Å². The highest BCUT2D eigenvalue weighted by molar-refractivity contribution is 5.77. The van der Waals surface area contributed by atoms with E-state index in [1.165, 1.54) is 6.42 Å². The highest BCUT2D eigenvalue weighted by Gasteiger charge is 2.28. The fraction of sp³-hybridized carbons (Fsp3) is 0.929. The third kappa shape index (κ3) is 4.16. The number of aliphatic hydroxyl groups excluding tert-OH is 1. The molecule has 5 nitrogen and oxygen atoms in total. The molecule has 0 bridgehead atoms. The van der Waals surface area contributed by atoms with Gasteiger partial charge < -0.3 is 15.3 Å². The molecule has 3 unspecified atom stereocenters. The number of nitrogens with one attached hydrogen (secondary N) is 1. The summed E-state index contributed by atoms with van der Waals surface area (Å²) >= 11 is 0. The first-order valence-corrected chi connectivity index (χ1v) is 7.49. The van der Waals surface area contributed by atoms with E-state index in [9.17, 15) is 9.90 Å². The minimum Gasteiger partial charge on any atom is -0.392 e. The average Bonchev–Trinajstić information content (AvgIpc) is 2.84. The first-order chi connectivity index (χ1) is 9.06. The van der Waals surface area contributed by atoms with Gasteiger partial charge in [0.15, 0.2) is 0 Å². The third-order valence-electron chi connectivity index (χ3n) is 4.20. The van der Waals surface area contributed by atoms with E-state index in [0.717, 1.165) is 32.6 Å². The van der Waals surface area contributed by atoms with Crippen LogP contribution >= 0.6 is 0 Å². The summed E-state index contributed by atoms with van der Waals surface area (Å²) in [5.74, 6) is 0.281. The molecule has 2 aliphatic heterocycles. The van der Waals surface area contributed by atoms with Crippen LogP contribution in [0.25, 0.3) is 0 Å². The molecule has 0 spiro atoms. The number of piperazine rings is 1. The molecule has 110 valence electrons. The molecule has 19 heavy (non-hydrogen) atoms. The molecule has 0 aliphatic carbocycles. The van der Waals surface area contributed by atoms with Crippen LogP contribution in [0.4, 0.5) is 0 Å². The molecule has 0 saturated carbocycles. The van der Waals surface area contributed by atoms with Crippen molar-refractivity contribution in [3.8, 4) is 0 Å². The number of aliphatic hydroxyl groups is 1. The maximum absolute atomic E-state index is 12.2. The SMILES string of the molecule is CC(O)CN1CCN(C(=O)CC2CCCN2)CC1C. The molecule has 2 saturated heterocycles. The highest BCUT2D eigenvalue weighted by Crippen LogP contribution is 2.14. The molecule has 0 aromatic rings. The first kappa shape index (κ1) is 14.8. The van der Waals surface area contributed by atoms with Gasteiger partial charge in [-0.3, -0.25) is 9.69 Å². The number of carbonyl (C=O) groups excluding carboxylic acids is 1. The van der Waals surface area contributed by atoms with E-state index >= 15 is 0 Å². The number of amides is 1. The van der Waals surface area contributed by atoms with Crippen LogP contribution in [0, 0.1) is 0 Å². The van der Waals surface area contributed by atoms with Crippen molar-refractivity contribution in [2.24, 2.45) is 0 Å². The molecular weight excluding hydrogens is 242 g/mol. The minimum absolute atomic E-state index is 0.281. The summed E-state index contributed by atoms with van der Waals surface area (Å²) in [6.07, 6.45) is 2.66. The van der Waals surface area contributed by atoms with Gasteiger partial charge in [0.25, 0.3) is 0 Å². The zero-order valence-electron chi connectivity index (χ0n) is 12.1. The highest BCUT2D eigenvalue weighted by atomic mass is 16.3. The van der Waals surface area contributed by atoms with E-state index in [2.05, 4.69) is 17.1 Å². The van der Waals surface area contributed by atoms with Crippen LogP contribution in [-0.4, -0.2) is 71.7 Å². The molecule has 2 fully saturated rings. The first-order valence-electron chi connectivity index (χ1n) is 7.49. The molecule has 2 rings (SSSR count). The van der Waals surface area contributed by atoms with E-state index in [0.29, 0.717) is 25.0 Å². The van der Waals surface area contributed by atoms with Gasteiger partial charge in [0, 0.05) is 44.7 Å². The Balaban J connectivity index is 1.78. The maximum Gasteiger partial charge on any atom is 0.224 e. The molecular formula is C14H27N3O2. The monoisotopic (exact) mass is 269 g/mol. The van der Waals surface area contributed by atoms with Crippen molar-refractivity contribution in [2.45, 2.75) is 51.3 Å². The Bertz CT molecular complexity index is 303. The molecule has 2 heterocycles. The molecule has 0 aromatic carbocycles. The van der Waals surface area contributed by atoms with Crippen LogP contribution in [0.15, 0.2) is 0 Å². The predicted octanol–water partition coefficient (Wildman–Crippen LogP) is 0.0420. The summed E-state index contributed by atoms with van der Waals surface area (Å²) in [5, 5.41) is 12.8. The van der Waals surface area contributed by atoms with Crippen molar-refractivity contribution in [3.05, 3.63) is 0 Å². The second-order valence-corrected chi connectivity index (χ2v) is 6.03. The third-order valence-corrected chi connectivity index (χ3v) is 4.20. The number of hydrogen-bond donors (Lipinski definition) is 2. The lowest BCUT2D eigenvalue weighted by atomic mass is 10.1. The van der Waals surface area contributed by atoms with E-state index in [4.69, 9.17) is 0 Å². The molecule has 0 radical (unpaired) electrons. The zero-order chi connectivity index (χ0) is 13.8. The van der Waals surface area contributed by atoms with Gasteiger partial charge in [0.1, 0.15) is 0 Å². The lowest BCUT2D eigenvalue weighted by Gasteiger charge is -2.40. The quantitative estimate of drug-likeness (QED) is 0.757. The van der Waals surface area contributed by atoms with Crippen molar-refractivity contribution < 1.29 is 9.90 Å². The van der Waals surface area contributed by atoms with Gasteiger partial charge in [-0.25, -0.2) is 0 Å². The van der Waals surface area contributed by atoms with Crippen molar-refractivity contribution in [2.75, 3.05) is 32.7 Å². The number of hydrogen-bond acceptors (Lipinski definition) is 4. The fourth-order valence-electron chi connectivity index (χ4n) is 3.10. The van der Waals surface area contributed by atoms with E-state index in [-0.39, 0.29) is 12.0 Å². The smallest absolute Gasteiger partial charge is 0.224 e. The van der Waals surface area contributed by atoms with Gasteiger partial charge in [-0.15, -0.1) is 0 Å². The van der Waals surface area contributed by atoms with Crippen LogP contribution in [0.5, 0.6) is 0 Å². The Morgan fingerprint density at radius 3 is 2.84 bits per heavy atom. The van der Waals surface area contributed by atoms with Crippen LogP contribution in [-0.2, 0) is 4.79 Å². The van der Waals surface area contributed by atoms with Crippen LogP contribution in [0.2, 0.25) is 0 Å². The topological polar surface area (TPSA) is 55.8 Å². The largest absolute Gasteiger partial charge is 0.392 e. The lowest BCUT2D eigenvalue weighted by molar-refractivity contribution is -0.134. The Labute approximate surface area is 115 Å². The van der Waals surface area contributed by atoms with E-state index < -0.39 is 0 Å². The summed E-state index contributed by atoms with van der Waals surface area (Å²) in [6, 6.07) is 0.724. The van der Waals surface area contributed by atoms with E-state index in [1.54, 1.807) is 0 Å². The summed E-state index contributed by atoms with van der Waals surface area (Å²) in [6.45, 7) is 8.16. The van der Waals surface area contributed by atoms with Gasteiger partial charge in [-0.2, -0.15) is 0 Å². The van der Waals surface area contributed by atoms with Crippen molar-refractivity contribution in [1.82, 2.24) is 15.1 Å². The minimum atomic E-state index is -0.299. The molecule has 1 amide bonds. The van der Waals surface area contributed by atoms with Crippen molar-refractivity contribution in [1.29, 1.82) is 0 Å². The van der Waals surface area contributed by atoms with Crippen LogP contribution in [0.3, 0.4) is 0 Å². The lowest BCUT2D eigenvalue weighted by Crippen LogP contribution is -2.55. The van der Waals surface area contributed by atoms with Crippen molar-refractivity contribution >= 4 is 5.91 Å². The number of rotatable bonds is 4. The molecule has 2 aliphatic rings. The Morgan fingerprint density at radius 1 is 1.47 bits per heavy atom. The predicted molar refractivity (Wildman–Crippen MR) is 74.9 cm³/mol. The Morgan fingerprint density at radius 2 is 2.26 bits per heavy atom. The fourth-order valence-corrected chi connectivity index (χ4v) is 3.10. The van der Waals surface area contributed by atoms with Gasteiger partial charge >= 0.3 is 0 Å². The maximum atomic E-state index is 12.2. The molecule has 0 aromatic heterocycles. The number of β-amino-alcohol motifs (C(OH)–C–C–N with tert-alkyl or cyclic N) is 1. The summed E-state index contributed by atoms with van der Waals surface area (Å²) in [7, 11) is 0. The molecule has 2 N–H and O–H groups in total.